The summed E-state index contributed by atoms with van der Waals surface area (Å²) in [6.07, 6.45) is 5.04. The van der Waals surface area contributed by atoms with Crippen molar-refractivity contribution in [2.24, 2.45) is 0 Å². The van der Waals surface area contributed by atoms with E-state index in [2.05, 4.69) is 26.0 Å². The zero-order chi connectivity index (χ0) is 23.1. The summed E-state index contributed by atoms with van der Waals surface area (Å²) < 4.78 is 14.4. The number of anilines is 3. The highest BCUT2D eigenvalue weighted by molar-refractivity contribution is 6.00. The normalized spacial score (nSPS) is 19.4. The van der Waals surface area contributed by atoms with Gasteiger partial charge in [0.2, 0.25) is 5.75 Å². The zero-order valence-corrected chi connectivity index (χ0v) is 18.8. The lowest BCUT2D eigenvalue weighted by molar-refractivity contribution is 0.00732. The van der Waals surface area contributed by atoms with Crippen LogP contribution in [0.5, 0.6) is 5.75 Å². The maximum atomic E-state index is 13.0. The molecule has 0 radical (unpaired) electrons. The van der Waals surface area contributed by atoms with Crippen LogP contribution in [0.25, 0.3) is 5.65 Å². The van der Waals surface area contributed by atoms with Crippen molar-refractivity contribution < 1.29 is 14.3 Å². The van der Waals surface area contributed by atoms with Crippen LogP contribution in [-0.4, -0.2) is 57.5 Å². The average Bonchev–Trinajstić information content (AvgIpc) is 3.22. The summed E-state index contributed by atoms with van der Waals surface area (Å²) in [5.41, 5.74) is 0.888. The van der Waals surface area contributed by atoms with Gasteiger partial charge >= 0.3 is 0 Å². The number of nitrogens with zero attached hydrogens (tertiary/aromatic N) is 4. The van der Waals surface area contributed by atoms with Gasteiger partial charge in [-0.05, 0) is 38.8 Å². The summed E-state index contributed by atoms with van der Waals surface area (Å²) in [6.45, 7) is 4.90. The summed E-state index contributed by atoms with van der Waals surface area (Å²) in [4.78, 5) is 30.6. The molecule has 3 aromatic heterocycles. The number of hydrogen-bond acceptors (Lipinski definition) is 8. The van der Waals surface area contributed by atoms with Crippen molar-refractivity contribution in [1.82, 2.24) is 24.5 Å². The monoisotopic (exact) mass is 453 g/mol. The van der Waals surface area contributed by atoms with Gasteiger partial charge in [0, 0.05) is 19.3 Å². The van der Waals surface area contributed by atoms with E-state index in [9.17, 15) is 9.59 Å². The van der Waals surface area contributed by atoms with E-state index in [1.165, 1.54) is 6.20 Å². The minimum absolute atomic E-state index is 0.00841. The van der Waals surface area contributed by atoms with E-state index in [1.54, 1.807) is 34.5 Å². The summed E-state index contributed by atoms with van der Waals surface area (Å²) in [5, 5.41) is 13.8. The predicted molar refractivity (Wildman–Crippen MR) is 123 cm³/mol. The number of carbonyl (C=O) groups is 1. The fourth-order valence-corrected chi connectivity index (χ4v) is 4.14. The van der Waals surface area contributed by atoms with Crippen molar-refractivity contribution in [3.05, 3.63) is 40.4 Å². The second-order valence-corrected chi connectivity index (χ2v) is 8.49. The van der Waals surface area contributed by atoms with Gasteiger partial charge in [0.05, 0.1) is 24.9 Å². The Hall–Kier alpha value is -3.60. The lowest BCUT2D eigenvalue weighted by Crippen LogP contribution is -2.51. The fraction of sp³-hybridized carbons (Fsp3) is 0.455. The topological polar surface area (TPSA) is 124 Å². The second kappa shape index (κ2) is 8.39. The fourth-order valence-electron chi connectivity index (χ4n) is 4.14. The molecule has 174 valence electrons. The van der Waals surface area contributed by atoms with Crippen LogP contribution in [0.15, 0.2) is 29.3 Å². The SMILES string of the molecule is CO[C@@H]1CC[C@H]1NC(=O)c1cnn2c3c(c(Nc4cccn(C(C)C)c4=O)nc12)OCCN3. The van der Waals surface area contributed by atoms with Gasteiger partial charge in [-0.2, -0.15) is 9.61 Å². The molecule has 0 bridgehead atoms. The van der Waals surface area contributed by atoms with Crippen molar-refractivity contribution in [3.8, 4) is 5.75 Å². The molecule has 1 fully saturated rings. The Bertz CT molecular complexity index is 1260. The largest absolute Gasteiger partial charge is 0.485 e. The summed E-state index contributed by atoms with van der Waals surface area (Å²) in [5.74, 6) is 1.10. The third-order valence-corrected chi connectivity index (χ3v) is 6.10. The molecular weight excluding hydrogens is 426 g/mol. The van der Waals surface area contributed by atoms with Gasteiger partial charge in [-0.15, -0.1) is 0 Å². The maximum Gasteiger partial charge on any atom is 0.274 e. The standard InChI is InChI=1S/C22H27N7O4/c1-12(2)28-9-4-5-15(22(28)31)25-18-17-20(23-8-10-33-17)29-19(27-18)13(11-24-29)21(30)26-14-6-7-16(14)32-3/h4-5,9,11-12,14,16,23H,6-8,10H2,1-3H3,(H,25,27)(H,26,30)/t14-,16-/m1/s1. The number of ether oxygens (including phenoxy) is 2. The number of methoxy groups -OCH3 is 1. The predicted octanol–water partition coefficient (Wildman–Crippen LogP) is 1.93. The minimum atomic E-state index is -0.270. The van der Waals surface area contributed by atoms with Crippen molar-refractivity contribution in [2.45, 2.75) is 44.9 Å². The Morgan fingerprint density at radius 2 is 2.21 bits per heavy atom. The summed E-state index contributed by atoms with van der Waals surface area (Å²) in [7, 11) is 1.65. The summed E-state index contributed by atoms with van der Waals surface area (Å²) in [6, 6.07) is 3.47. The van der Waals surface area contributed by atoms with Gasteiger partial charge in [0.25, 0.3) is 11.5 Å². The van der Waals surface area contributed by atoms with E-state index in [0.29, 0.717) is 47.4 Å². The first-order valence-corrected chi connectivity index (χ1v) is 11.1. The van der Waals surface area contributed by atoms with Crippen LogP contribution in [0.3, 0.4) is 0 Å². The maximum absolute atomic E-state index is 13.0. The van der Waals surface area contributed by atoms with E-state index in [1.807, 2.05) is 13.8 Å². The number of carbonyl (C=O) groups excluding carboxylic acids is 1. The molecule has 0 spiro atoms. The first-order chi connectivity index (χ1) is 16.0. The van der Waals surface area contributed by atoms with Crippen LogP contribution in [0, 0.1) is 0 Å². The van der Waals surface area contributed by atoms with Gasteiger partial charge < -0.3 is 30.0 Å². The molecule has 2 atom stereocenters. The molecule has 3 N–H and O–H groups in total. The first kappa shape index (κ1) is 21.3. The van der Waals surface area contributed by atoms with Crippen LogP contribution in [0.1, 0.15) is 43.1 Å². The van der Waals surface area contributed by atoms with Crippen LogP contribution in [-0.2, 0) is 4.74 Å². The number of aromatic nitrogens is 4. The van der Waals surface area contributed by atoms with E-state index in [0.717, 1.165) is 12.8 Å². The van der Waals surface area contributed by atoms with E-state index in [4.69, 9.17) is 9.47 Å². The third kappa shape index (κ3) is 3.67. The Kier molecular flexibility index (Phi) is 5.41. The molecule has 2 aliphatic rings. The Labute approximate surface area is 190 Å². The average molecular weight is 454 g/mol. The number of rotatable bonds is 6. The molecular formula is C22H27N7O4. The molecule has 0 aromatic carbocycles. The van der Waals surface area contributed by atoms with Crippen molar-refractivity contribution in [1.29, 1.82) is 0 Å². The smallest absolute Gasteiger partial charge is 0.274 e. The zero-order valence-electron chi connectivity index (χ0n) is 18.8. The van der Waals surface area contributed by atoms with Gasteiger partial charge in [-0.3, -0.25) is 9.59 Å². The lowest BCUT2D eigenvalue weighted by Gasteiger charge is -2.35. The van der Waals surface area contributed by atoms with Crippen molar-refractivity contribution >= 4 is 28.9 Å². The minimum Gasteiger partial charge on any atom is -0.485 e. The molecule has 1 amide bonds. The van der Waals surface area contributed by atoms with Gasteiger partial charge in [-0.1, -0.05) is 0 Å². The molecule has 11 heteroatoms. The number of nitrogens with one attached hydrogen (secondary N) is 3. The van der Waals surface area contributed by atoms with Crippen LogP contribution >= 0.6 is 0 Å². The number of pyridine rings is 1. The third-order valence-electron chi connectivity index (χ3n) is 6.10. The van der Waals surface area contributed by atoms with E-state index in [-0.39, 0.29) is 29.7 Å². The highest BCUT2D eigenvalue weighted by Crippen LogP contribution is 2.36. The van der Waals surface area contributed by atoms with Crippen LogP contribution in [0.2, 0.25) is 0 Å². The van der Waals surface area contributed by atoms with Crippen LogP contribution in [0.4, 0.5) is 17.3 Å². The highest BCUT2D eigenvalue weighted by Gasteiger charge is 2.33. The molecule has 11 nitrogen and oxygen atoms in total. The number of fused-ring (bicyclic) bond motifs is 3. The molecule has 1 aliphatic carbocycles. The Balaban J connectivity index is 1.55. The second-order valence-electron chi connectivity index (χ2n) is 8.49. The first-order valence-electron chi connectivity index (χ1n) is 11.1. The Morgan fingerprint density at radius 3 is 2.94 bits per heavy atom. The quantitative estimate of drug-likeness (QED) is 0.517. The molecule has 1 saturated carbocycles. The molecule has 0 saturated heterocycles. The molecule has 0 unspecified atom stereocenters. The van der Waals surface area contributed by atoms with E-state index < -0.39 is 0 Å². The van der Waals surface area contributed by atoms with E-state index >= 15 is 0 Å². The Morgan fingerprint density at radius 1 is 1.36 bits per heavy atom. The molecule has 1 aliphatic heterocycles. The van der Waals surface area contributed by atoms with Crippen LogP contribution < -0.4 is 26.2 Å². The molecule has 4 heterocycles. The molecule has 3 aromatic rings. The number of hydrogen-bond donors (Lipinski definition) is 3. The number of amides is 1. The molecule has 33 heavy (non-hydrogen) atoms. The van der Waals surface area contributed by atoms with Gasteiger partial charge in [0.15, 0.2) is 17.3 Å². The van der Waals surface area contributed by atoms with Gasteiger partial charge in [-0.25, -0.2) is 4.98 Å². The lowest BCUT2D eigenvalue weighted by atomic mass is 9.89. The van der Waals surface area contributed by atoms with Crippen molar-refractivity contribution in [2.75, 3.05) is 30.9 Å². The summed E-state index contributed by atoms with van der Waals surface area (Å²) >= 11 is 0. The molecule has 5 rings (SSSR count). The highest BCUT2D eigenvalue weighted by atomic mass is 16.5. The van der Waals surface area contributed by atoms with Crippen molar-refractivity contribution in [3.63, 3.8) is 0 Å². The van der Waals surface area contributed by atoms with Gasteiger partial charge in [0.1, 0.15) is 17.9 Å².